The van der Waals surface area contributed by atoms with Crippen LogP contribution in [-0.4, -0.2) is 52.7 Å². The van der Waals surface area contributed by atoms with Crippen LogP contribution in [0.4, 0.5) is 5.82 Å². The van der Waals surface area contributed by atoms with Crippen LogP contribution >= 0.6 is 24.0 Å². The molecular weight excluding hydrogens is 421 g/mol. The van der Waals surface area contributed by atoms with Crippen LogP contribution in [0.1, 0.15) is 12.8 Å². The molecule has 6 nitrogen and oxygen atoms in total. The van der Waals surface area contributed by atoms with Gasteiger partial charge in [-0.2, -0.15) is 0 Å². The van der Waals surface area contributed by atoms with Crippen molar-refractivity contribution in [2.24, 2.45) is 5.73 Å². The number of carbonyl (C=O) groups excluding carboxylic acids is 1. The van der Waals surface area contributed by atoms with Gasteiger partial charge in [0.25, 0.3) is 0 Å². The van der Waals surface area contributed by atoms with Gasteiger partial charge in [0.1, 0.15) is 5.69 Å². The number of rotatable bonds is 3. The lowest BCUT2D eigenvalue weighted by atomic mass is 10.0. The molecule has 5 rings (SSSR count). The molecule has 0 unspecified atom stereocenters. The summed E-state index contributed by atoms with van der Waals surface area (Å²) >= 11 is 6.03. The lowest BCUT2D eigenvalue weighted by Crippen LogP contribution is -2.54. The SMILES string of the molecule is Cl.NC1(C(=O)N2CCN(c3nnc(-c4ccc(Cl)cc4)c4ccccc34)CC2)CC1. The number of nitrogens with two attached hydrogens (primary N) is 1. The lowest BCUT2D eigenvalue weighted by Gasteiger charge is -2.36. The van der Waals surface area contributed by atoms with Crippen LogP contribution in [0, 0.1) is 0 Å². The van der Waals surface area contributed by atoms with Gasteiger partial charge in [0.05, 0.1) is 5.54 Å². The molecule has 30 heavy (non-hydrogen) atoms. The number of amides is 1. The molecular formula is C22H23Cl2N5O. The third-order valence-electron chi connectivity index (χ3n) is 5.87. The highest BCUT2D eigenvalue weighted by Gasteiger charge is 2.48. The Morgan fingerprint density at radius 1 is 0.933 bits per heavy atom. The molecule has 2 heterocycles. The summed E-state index contributed by atoms with van der Waals surface area (Å²) < 4.78 is 0. The summed E-state index contributed by atoms with van der Waals surface area (Å²) in [5, 5.41) is 11.9. The van der Waals surface area contributed by atoms with Crippen LogP contribution in [0.15, 0.2) is 48.5 Å². The first-order valence-electron chi connectivity index (χ1n) is 9.90. The van der Waals surface area contributed by atoms with Gasteiger partial charge >= 0.3 is 0 Å². The van der Waals surface area contributed by atoms with Crippen molar-refractivity contribution in [3.8, 4) is 11.3 Å². The van der Waals surface area contributed by atoms with Crippen LogP contribution in [-0.2, 0) is 4.79 Å². The number of nitrogens with zero attached hydrogens (tertiary/aromatic N) is 4. The molecule has 2 aliphatic rings. The standard InChI is InChI=1S/C22H22ClN5O.ClH/c23-16-7-5-15(6-8-16)19-17-3-1-2-4-18(17)20(26-25-19)27-11-13-28(14-12-27)21(29)22(24)9-10-22;/h1-8H,9-14,24H2;1H. The first-order chi connectivity index (χ1) is 14.0. The number of hydrogen-bond acceptors (Lipinski definition) is 5. The van der Waals surface area contributed by atoms with Crippen LogP contribution in [0.2, 0.25) is 5.02 Å². The number of fused-ring (bicyclic) bond motifs is 1. The van der Waals surface area contributed by atoms with Gasteiger partial charge in [-0.3, -0.25) is 4.79 Å². The number of carbonyl (C=O) groups is 1. The molecule has 1 saturated heterocycles. The maximum atomic E-state index is 12.5. The second-order valence-corrected chi connectivity index (χ2v) is 8.30. The van der Waals surface area contributed by atoms with E-state index in [2.05, 4.69) is 27.2 Å². The Morgan fingerprint density at radius 3 is 2.20 bits per heavy atom. The Balaban J connectivity index is 0.00000218. The first-order valence-corrected chi connectivity index (χ1v) is 10.3. The average Bonchev–Trinajstić information content (AvgIpc) is 3.52. The van der Waals surface area contributed by atoms with Crippen molar-refractivity contribution in [2.45, 2.75) is 18.4 Å². The minimum absolute atomic E-state index is 0. The van der Waals surface area contributed by atoms with E-state index in [0.717, 1.165) is 53.8 Å². The quantitative estimate of drug-likeness (QED) is 0.669. The van der Waals surface area contributed by atoms with Crippen molar-refractivity contribution in [1.82, 2.24) is 15.1 Å². The number of hydrogen-bond donors (Lipinski definition) is 1. The largest absolute Gasteiger partial charge is 0.351 e. The Hall–Kier alpha value is -2.41. The predicted octanol–water partition coefficient (Wildman–Crippen LogP) is 3.51. The van der Waals surface area contributed by atoms with E-state index < -0.39 is 5.54 Å². The molecule has 1 aromatic heterocycles. The molecule has 1 amide bonds. The van der Waals surface area contributed by atoms with E-state index in [4.69, 9.17) is 17.3 Å². The van der Waals surface area contributed by atoms with Crippen LogP contribution in [0.5, 0.6) is 0 Å². The van der Waals surface area contributed by atoms with Crippen LogP contribution in [0.3, 0.4) is 0 Å². The molecule has 0 radical (unpaired) electrons. The van der Waals surface area contributed by atoms with Gasteiger partial charge < -0.3 is 15.5 Å². The van der Waals surface area contributed by atoms with Crippen LogP contribution < -0.4 is 10.6 Å². The van der Waals surface area contributed by atoms with Crippen molar-refractivity contribution in [3.63, 3.8) is 0 Å². The molecule has 156 valence electrons. The van der Waals surface area contributed by atoms with E-state index in [1.54, 1.807) is 0 Å². The summed E-state index contributed by atoms with van der Waals surface area (Å²) in [7, 11) is 0. The summed E-state index contributed by atoms with van der Waals surface area (Å²) in [6, 6.07) is 15.8. The maximum absolute atomic E-state index is 12.5. The fourth-order valence-corrected chi connectivity index (χ4v) is 4.06. The summed E-state index contributed by atoms with van der Waals surface area (Å²) in [5.74, 6) is 0.950. The van der Waals surface area contributed by atoms with Gasteiger partial charge in [-0.05, 0) is 25.0 Å². The zero-order valence-corrected chi connectivity index (χ0v) is 18.0. The van der Waals surface area contributed by atoms with Crippen molar-refractivity contribution < 1.29 is 4.79 Å². The maximum Gasteiger partial charge on any atom is 0.242 e. The molecule has 1 aliphatic carbocycles. The van der Waals surface area contributed by atoms with E-state index in [1.807, 2.05) is 41.3 Å². The van der Waals surface area contributed by atoms with E-state index in [1.165, 1.54) is 0 Å². The van der Waals surface area contributed by atoms with Gasteiger partial charge in [0.15, 0.2) is 5.82 Å². The fraction of sp³-hybridized carbons (Fsp3) is 0.318. The number of anilines is 1. The van der Waals surface area contributed by atoms with Crippen LogP contribution in [0.25, 0.3) is 22.0 Å². The van der Waals surface area contributed by atoms with E-state index in [9.17, 15) is 4.79 Å². The van der Waals surface area contributed by atoms with Crippen molar-refractivity contribution in [1.29, 1.82) is 0 Å². The Bertz CT molecular complexity index is 1080. The van der Waals surface area contributed by atoms with Gasteiger partial charge in [-0.1, -0.05) is 48.0 Å². The summed E-state index contributed by atoms with van der Waals surface area (Å²) in [6.07, 6.45) is 1.60. The number of halogens is 2. The zero-order valence-electron chi connectivity index (χ0n) is 16.4. The van der Waals surface area contributed by atoms with Crippen molar-refractivity contribution in [2.75, 3.05) is 31.1 Å². The second kappa shape index (κ2) is 8.02. The molecule has 3 aromatic rings. The van der Waals surface area contributed by atoms with Gasteiger partial charge in [-0.25, -0.2) is 0 Å². The highest BCUT2D eigenvalue weighted by molar-refractivity contribution is 6.30. The minimum atomic E-state index is -0.602. The molecule has 2 aromatic carbocycles. The number of benzene rings is 2. The molecule has 2 N–H and O–H groups in total. The Morgan fingerprint density at radius 2 is 1.57 bits per heavy atom. The highest BCUT2D eigenvalue weighted by Crippen LogP contribution is 2.35. The van der Waals surface area contributed by atoms with Crippen molar-refractivity contribution >= 4 is 46.5 Å². The Kier molecular flexibility index (Phi) is 5.57. The Labute approximate surface area is 186 Å². The highest BCUT2D eigenvalue weighted by atomic mass is 35.5. The van der Waals surface area contributed by atoms with E-state index in [-0.39, 0.29) is 18.3 Å². The van der Waals surface area contributed by atoms with E-state index in [0.29, 0.717) is 18.1 Å². The molecule has 0 spiro atoms. The normalized spacial score (nSPS) is 17.5. The third kappa shape index (κ3) is 3.71. The number of aromatic nitrogens is 2. The van der Waals surface area contributed by atoms with E-state index >= 15 is 0 Å². The third-order valence-corrected chi connectivity index (χ3v) is 6.12. The molecule has 2 fully saturated rings. The number of piperazine rings is 1. The van der Waals surface area contributed by atoms with Gasteiger partial charge in [0.2, 0.25) is 5.91 Å². The minimum Gasteiger partial charge on any atom is -0.351 e. The summed E-state index contributed by atoms with van der Waals surface area (Å²) in [4.78, 5) is 16.6. The molecule has 0 atom stereocenters. The smallest absolute Gasteiger partial charge is 0.242 e. The van der Waals surface area contributed by atoms with Gasteiger partial charge in [0, 0.05) is 47.5 Å². The topological polar surface area (TPSA) is 75.4 Å². The predicted molar refractivity (Wildman–Crippen MR) is 122 cm³/mol. The van der Waals surface area contributed by atoms with Crippen molar-refractivity contribution in [3.05, 3.63) is 53.6 Å². The summed E-state index contributed by atoms with van der Waals surface area (Å²) in [5.41, 5.74) is 7.31. The monoisotopic (exact) mass is 443 g/mol. The molecule has 0 bridgehead atoms. The average molecular weight is 444 g/mol. The second-order valence-electron chi connectivity index (χ2n) is 7.86. The lowest BCUT2D eigenvalue weighted by molar-refractivity contribution is -0.133. The molecule has 1 saturated carbocycles. The molecule has 1 aliphatic heterocycles. The molecule has 8 heteroatoms. The summed E-state index contributed by atoms with van der Waals surface area (Å²) in [6.45, 7) is 2.76. The zero-order chi connectivity index (χ0) is 20.0. The first kappa shape index (κ1) is 20.8. The fourth-order valence-electron chi connectivity index (χ4n) is 3.93. The van der Waals surface area contributed by atoms with Gasteiger partial charge in [-0.15, -0.1) is 22.6 Å².